The summed E-state index contributed by atoms with van der Waals surface area (Å²) in [4.78, 5) is 13.4. The Morgan fingerprint density at radius 3 is 1.92 bits per heavy atom. The van der Waals surface area contributed by atoms with Gasteiger partial charge in [-0.2, -0.15) is 8.42 Å². The highest BCUT2D eigenvalue weighted by Gasteiger charge is 2.29. The molecular weight excluding hydrogens is 350 g/mol. The number of hydrogen-bond donors (Lipinski definition) is 7. The molecule has 12 heteroatoms. The largest absolute Gasteiger partial charge is 0.493 e. The molecule has 4 atom stereocenters. The molecule has 0 saturated heterocycles. The molecule has 1 aromatic heterocycles. The molecule has 0 aliphatic carbocycles. The quantitative estimate of drug-likeness (QED) is 0.204. The summed E-state index contributed by atoms with van der Waals surface area (Å²) in [7, 11) is -3.67. The third-order valence-corrected chi connectivity index (χ3v) is 2.07. The number of aromatic hydroxyl groups is 1. The van der Waals surface area contributed by atoms with E-state index in [0.717, 1.165) is 0 Å². The number of aromatic nitrogens is 1. The van der Waals surface area contributed by atoms with Crippen molar-refractivity contribution >= 4 is 16.4 Å². The summed E-state index contributed by atoms with van der Waals surface area (Å²) < 4.78 is 25.9. The van der Waals surface area contributed by atoms with E-state index >= 15 is 0 Å². The van der Waals surface area contributed by atoms with Crippen molar-refractivity contribution in [3.8, 4) is 5.88 Å². The van der Waals surface area contributed by atoms with E-state index in [1.807, 2.05) is 0 Å². The minimum absolute atomic E-state index is 0.0258. The molecule has 0 aromatic carbocycles. The van der Waals surface area contributed by atoms with Gasteiger partial charge in [-0.05, 0) is 6.07 Å². The van der Waals surface area contributed by atoms with Gasteiger partial charge in [-0.15, -0.1) is 0 Å². The molecule has 0 aliphatic heterocycles. The molecule has 140 valence electrons. The molecule has 1 heterocycles. The standard InChI is InChI=1S/C6H12O6.C5H5NO.CH4O3S/c7-1-3(9)5(11)6(12)4(10)2-8;7-5-3-1-2-4-6-5;1-5(2,3)4/h1,3-6,8-12H,2H2;1-4H,(H,6,7);1H3,(H,2,3,4). The van der Waals surface area contributed by atoms with E-state index in [-0.39, 0.29) is 12.2 Å². The van der Waals surface area contributed by atoms with Crippen molar-refractivity contribution in [3.63, 3.8) is 0 Å². The number of hydrogen-bond acceptors (Lipinski definition) is 10. The normalized spacial score (nSPS) is 15.5. The number of carbonyl (C=O) groups excluding carboxylic acids is 1. The molecule has 0 fully saturated rings. The molecule has 1 rings (SSSR count). The van der Waals surface area contributed by atoms with Crippen LogP contribution in [0.3, 0.4) is 0 Å². The zero-order valence-electron chi connectivity index (χ0n) is 12.6. The fraction of sp³-hybridized carbons (Fsp3) is 0.500. The summed E-state index contributed by atoms with van der Waals surface area (Å²) in [6, 6.07) is 5.00. The second kappa shape index (κ2) is 12.7. The Hall–Kier alpha value is -1.67. The predicted octanol–water partition coefficient (Wildman–Crippen LogP) is -3.09. The van der Waals surface area contributed by atoms with Crippen LogP contribution in [0.4, 0.5) is 0 Å². The number of carbonyl (C=O) groups is 1. The number of nitrogens with zero attached hydrogens (tertiary/aromatic N) is 1. The molecule has 0 spiro atoms. The SMILES string of the molecule is CS(=O)(=O)O.O=CC(O)C(O)C(O)C(O)CO.Oc1ccccn1. The van der Waals surface area contributed by atoms with Crippen LogP contribution in [0.5, 0.6) is 5.88 Å². The molecule has 4 unspecified atom stereocenters. The second-order valence-electron chi connectivity index (χ2n) is 4.28. The highest BCUT2D eigenvalue weighted by molar-refractivity contribution is 7.85. The topological polar surface area (TPSA) is 206 Å². The van der Waals surface area contributed by atoms with Gasteiger partial charge in [0, 0.05) is 12.3 Å². The summed E-state index contributed by atoms with van der Waals surface area (Å²) in [5.41, 5.74) is 0. The number of pyridine rings is 1. The highest BCUT2D eigenvalue weighted by Crippen LogP contribution is 2.02. The van der Waals surface area contributed by atoms with Crippen molar-refractivity contribution in [2.45, 2.75) is 24.4 Å². The lowest BCUT2D eigenvalue weighted by molar-refractivity contribution is -0.136. The van der Waals surface area contributed by atoms with Crippen LogP contribution < -0.4 is 0 Å². The van der Waals surface area contributed by atoms with E-state index in [1.54, 1.807) is 12.1 Å². The zero-order valence-corrected chi connectivity index (χ0v) is 13.4. The fourth-order valence-electron chi connectivity index (χ4n) is 0.972. The average molecular weight is 371 g/mol. The number of rotatable bonds is 5. The smallest absolute Gasteiger partial charge is 0.261 e. The van der Waals surface area contributed by atoms with E-state index in [1.165, 1.54) is 12.3 Å². The van der Waals surface area contributed by atoms with Crippen LogP contribution in [0.1, 0.15) is 0 Å². The average Bonchev–Trinajstić information content (AvgIpc) is 2.51. The summed E-state index contributed by atoms with van der Waals surface area (Å²) in [5.74, 6) is 0.0718. The molecule has 0 bridgehead atoms. The molecule has 24 heavy (non-hydrogen) atoms. The first-order valence-electron chi connectivity index (χ1n) is 6.24. The fourth-order valence-corrected chi connectivity index (χ4v) is 0.972. The van der Waals surface area contributed by atoms with Gasteiger partial charge in [0.05, 0.1) is 12.9 Å². The number of aliphatic hydroxyl groups is 5. The van der Waals surface area contributed by atoms with Crippen LogP contribution in [-0.2, 0) is 14.9 Å². The van der Waals surface area contributed by atoms with E-state index in [0.29, 0.717) is 6.26 Å². The third-order valence-electron chi connectivity index (χ3n) is 2.07. The Kier molecular flexibility index (Phi) is 13.0. The molecular formula is C12H21NO10S. The van der Waals surface area contributed by atoms with Gasteiger partial charge in [-0.25, -0.2) is 4.98 Å². The molecule has 7 N–H and O–H groups in total. The van der Waals surface area contributed by atoms with E-state index in [2.05, 4.69) is 4.98 Å². The minimum atomic E-state index is -3.67. The summed E-state index contributed by atoms with van der Waals surface area (Å²) in [5, 5.41) is 52.1. The number of aliphatic hydroxyl groups excluding tert-OH is 5. The Morgan fingerprint density at radius 1 is 1.17 bits per heavy atom. The second-order valence-corrected chi connectivity index (χ2v) is 5.74. The summed E-state index contributed by atoms with van der Waals surface area (Å²) >= 11 is 0. The lowest BCUT2D eigenvalue weighted by atomic mass is 10.0. The van der Waals surface area contributed by atoms with Gasteiger partial charge in [0.1, 0.15) is 24.4 Å². The van der Waals surface area contributed by atoms with Crippen molar-refractivity contribution in [2.24, 2.45) is 0 Å². The van der Waals surface area contributed by atoms with Crippen LogP contribution >= 0.6 is 0 Å². The van der Waals surface area contributed by atoms with Crippen molar-refractivity contribution in [2.75, 3.05) is 12.9 Å². The number of aldehydes is 1. The van der Waals surface area contributed by atoms with Crippen molar-refractivity contribution in [1.29, 1.82) is 0 Å². The maximum Gasteiger partial charge on any atom is 0.261 e. The molecule has 0 radical (unpaired) electrons. The Labute approximate surface area is 138 Å². The Bertz CT molecular complexity index is 530. The van der Waals surface area contributed by atoms with Crippen LogP contribution in [0, 0.1) is 0 Å². The summed E-state index contributed by atoms with van der Waals surface area (Å²) in [6.07, 6.45) is -4.59. The lowest BCUT2D eigenvalue weighted by Crippen LogP contribution is -2.46. The molecule has 0 amide bonds. The van der Waals surface area contributed by atoms with E-state index < -0.39 is 41.1 Å². The molecule has 1 aromatic rings. The van der Waals surface area contributed by atoms with E-state index in [4.69, 9.17) is 35.2 Å². The molecule has 0 aliphatic rings. The monoisotopic (exact) mass is 371 g/mol. The van der Waals surface area contributed by atoms with Crippen molar-refractivity contribution < 1.29 is 48.4 Å². The first-order chi connectivity index (χ1) is 10.9. The molecule has 11 nitrogen and oxygen atoms in total. The molecule has 0 saturated carbocycles. The lowest BCUT2D eigenvalue weighted by Gasteiger charge is -2.22. The van der Waals surface area contributed by atoms with Gasteiger partial charge in [0.2, 0.25) is 5.88 Å². The van der Waals surface area contributed by atoms with E-state index in [9.17, 15) is 13.2 Å². The van der Waals surface area contributed by atoms with Crippen molar-refractivity contribution in [3.05, 3.63) is 24.4 Å². The maximum absolute atomic E-state index is 9.90. The first-order valence-corrected chi connectivity index (χ1v) is 8.09. The van der Waals surface area contributed by atoms with Crippen LogP contribution in [0.25, 0.3) is 0 Å². The zero-order chi connectivity index (χ0) is 19.3. The third kappa shape index (κ3) is 15.2. The van der Waals surface area contributed by atoms with Gasteiger partial charge in [-0.3, -0.25) is 4.55 Å². The predicted molar refractivity (Wildman–Crippen MR) is 80.6 cm³/mol. The van der Waals surface area contributed by atoms with Crippen LogP contribution in [0.2, 0.25) is 0 Å². The van der Waals surface area contributed by atoms with Crippen LogP contribution in [0.15, 0.2) is 24.4 Å². The van der Waals surface area contributed by atoms with Gasteiger partial charge >= 0.3 is 0 Å². The van der Waals surface area contributed by atoms with Crippen LogP contribution in [-0.4, -0.2) is 92.2 Å². The van der Waals surface area contributed by atoms with Crippen molar-refractivity contribution in [1.82, 2.24) is 4.98 Å². The first kappa shape index (κ1) is 24.6. The Balaban J connectivity index is 0. The minimum Gasteiger partial charge on any atom is -0.493 e. The van der Waals surface area contributed by atoms with Gasteiger partial charge < -0.3 is 35.4 Å². The maximum atomic E-state index is 9.90. The highest BCUT2D eigenvalue weighted by atomic mass is 32.2. The van der Waals surface area contributed by atoms with Gasteiger partial charge in [-0.1, -0.05) is 6.07 Å². The summed E-state index contributed by atoms with van der Waals surface area (Å²) in [6.45, 7) is -0.760. The van der Waals surface area contributed by atoms with Gasteiger partial charge in [0.15, 0.2) is 6.29 Å². The van der Waals surface area contributed by atoms with Gasteiger partial charge in [0.25, 0.3) is 10.1 Å². The Morgan fingerprint density at radius 2 is 1.67 bits per heavy atom.